The summed E-state index contributed by atoms with van der Waals surface area (Å²) in [5.41, 5.74) is 7.97. The van der Waals surface area contributed by atoms with Crippen molar-refractivity contribution in [2.75, 3.05) is 39.0 Å². The largest absolute Gasteiger partial charge is 0.375 e. The maximum atomic E-state index is 13.2. The van der Waals surface area contributed by atoms with Crippen molar-refractivity contribution < 1.29 is 8.42 Å². The molecule has 4 rings (SSSR count). The van der Waals surface area contributed by atoms with Crippen LogP contribution in [-0.2, 0) is 10.0 Å². The molecule has 9 nitrogen and oxygen atoms in total. The number of hydrogen-bond donors (Lipinski definition) is 1. The van der Waals surface area contributed by atoms with Crippen molar-refractivity contribution in [3.63, 3.8) is 0 Å². The van der Waals surface area contributed by atoms with Crippen LogP contribution in [0.4, 0.5) is 5.13 Å². The van der Waals surface area contributed by atoms with Crippen molar-refractivity contribution in [2.24, 2.45) is 0 Å². The van der Waals surface area contributed by atoms with Gasteiger partial charge in [-0.1, -0.05) is 11.3 Å². The van der Waals surface area contributed by atoms with Gasteiger partial charge in [-0.05, 0) is 43.8 Å². The fraction of sp³-hybridized carbons (Fsp3) is 0.300. The van der Waals surface area contributed by atoms with E-state index in [1.807, 2.05) is 20.0 Å². The van der Waals surface area contributed by atoms with Crippen LogP contribution in [0.3, 0.4) is 0 Å². The molecule has 0 bridgehead atoms. The fourth-order valence-electron chi connectivity index (χ4n) is 3.42. The van der Waals surface area contributed by atoms with E-state index in [9.17, 15) is 13.7 Å². The quantitative estimate of drug-likeness (QED) is 0.632. The van der Waals surface area contributed by atoms with Crippen LogP contribution < -0.4 is 5.73 Å². The van der Waals surface area contributed by atoms with Crippen molar-refractivity contribution in [3.05, 3.63) is 40.9 Å². The number of nitrogen functional groups attached to an aromatic ring is 1. The van der Waals surface area contributed by atoms with E-state index in [4.69, 9.17) is 5.73 Å². The van der Waals surface area contributed by atoms with Crippen LogP contribution in [0.15, 0.2) is 35.4 Å². The Balaban J connectivity index is 1.73. The smallest absolute Gasteiger partial charge is 0.243 e. The first-order valence-corrected chi connectivity index (χ1v) is 11.8. The average molecular weight is 456 g/mol. The Morgan fingerprint density at radius 3 is 2.61 bits per heavy atom. The molecular formula is C20H21N7O2S2. The molecule has 3 aromatic rings. The molecule has 0 saturated carbocycles. The van der Waals surface area contributed by atoms with E-state index in [1.165, 1.54) is 4.31 Å². The molecule has 2 N–H and O–H groups in total. The molecule has 31 heavy (non-hydrogen) atoms. The maximum Gasteiger partial charge on any atom is 0.243 e. The van der Waals surface area contributed by atoms with Crippen LogP contribution in [0.25, 0.3) is 22.8 Å². The highest BCUT2D eigenvalue weighted by atomic mass is 32.2. The molecule has 0 unspecified atom stereocenters. The third kappa shape index (κ3) is 4.28. The molecule has 0 aliphatic carbocycles. The third-order valence-corrected chi connectivity index (χ3v) is 7.72. The number of thiazole rings is 1. The highest BCUT2D eigenvalue weighted by molar-refractivity contribution is 7.89. The number of hydrogen-bond acceptors (Lipinski definition) is 9. The van der Waals surface area contributed by atoms with Gasteiger partial charge in [-0.15, -0.1) is 0 Å². The summed E-state index contributed by atoms with van der Waals surface area (Å²) in [6.45, 7) is 4.14. The molecule has 160 valence electrons. The van der Waals surface area contributed by atoms with Gasteiger partial charge >= 0.3 is 0 Å². The number of nitriles is 1. The molecule has 2 aromatic heterocycles. The van der Waals surface area contributed by atoms with Gasteiger partial charge in [0, 0.05) is 37.9 Å². The predicted octanol–water partition coefficient (Wildman–Crippen LogP) is 1.97. The molecule has 1 aliphatic heterocycles. The van der Waals surface area contributed by atoms with Gasteiger partial charge in [0.2, 0.25) is 10.0 Å². The van der Waals surface area contributed by atoms with Crippen LogP contribution >= 0.6 is 11.3 Å². The van der Waals surface area contributed by atoms with Gasteiger partial charge in [0.1, 0.15) is 16.6 Å². The Labute approximate surface area is 184 Å². The Hall–Kier alpha value is -2.91. The Bertz CT molecular complexity index is 1270. The van der Waals surface area contributed by atoms with E-state index in [0.29, 0.717) is 53.8 Å². The lowest BCUT2D eigenvalue weighted by atomic mass is 10.1. The van der Waals surface area contributed by atoms with Crippen LogP contribution in [-0.4, -0.2) is 65.8 Å². The molecule has 0 radical (unpaired) electrons. The van der Waals surface area contributed by atoms with Gasteiger partial charge in [-0.25, -0.2) is 23.4 Å². The van der Waals surface area contributed by atoms with E-state index in [1.54, 1.807) is 24.4 Å². The summed E-state index contributed by atoms with van der Waals surface area (Å²) in [5.74, 6) is 0.353. The van der Waals surface area contributed by atoms with Crippen LogP contribution in [0.2, 0.25) is 0 Å². The number of aromatic nitrogens is 3. The first-order valence-electron chi connectivity index (χ1n) is 9.58. The summed E-state index contributed by atoms with van der Waals surface area (Å²) in [6, 6.07) is 8.82. The van der Waals surface area contributed by atoms with Crippen LogP contribution in [0.5, 0.6) is 0 Å². The number of benzene rings is 1. The third-order valence-electron chi connectivity index (χ3n) is 5.05. The van der Waals surface area contributed by atoms with Crippen LogP contribution in [0.1, 0.15) is 10.4 Å². The zero-order chi connectivity index (χ0) is 22.2. The lowest BCUT2D eigenvalue weighted by molar-refractivity contribution is 0.222. The number of piperazine rings is 1. The van der Waals surface area contributed by atoms with Crippen molar-refractivity contribution >= 4 is 26.5 Å². The summed E-state index contributed by atoms with van der Waals surface area (Å²) >= 11 is 1.09. The van der Waals surface area contributed by atoms with Crippen molar-refractivity contribution in [1.29, 1.82) is 5.26 Å². The maximum absolute atomic E-state index is 13.2. The minimum Gasteiger partial charge on any atom is -0.375 e. The van der Waals surface area contributed by atoms with E-state index in [2.05, 4.69) is 25.9 Å². The van der Waals surface area contributed by atoms with Gasteiger partial charge in [0.05, 0.1) is 10.6 Å². The van der Waals surface area contributed by atoms with Crippen molar-refractivity contribution in [3.8, 4) is 28.8 Å². The second-order valence-electron chi connectivity index (χ2n) is 7.35. The van der Waals surface area contributed by atoms with E-state index in [-0.39, 0.29) is 10.0 Å². The highest BCUT2D eigenvalue weighted by Gasteiger charge is 2.28. The Morgan fingerprint density at radius 1 is 1.16 bits per heavy atom. The number of sulfonamides is 1. The number of likely N-dealkylation sites (N-methyl/N-ethyl adjacent to an activating group) is 1. The molecule has 3 heterocycles. The average Bonchev–Trinajstić information content (AvgIpc) is 3.14. The molecular weight excluding hydrogens is 434 g/mol. The lowest BCUT2D eigenvalue weighted by Crippen LogP contribution is -2.47. The first kappa shape index (κ1) is 21.3. The number of aryl methyl sites for hydroxylation is 1. The molecule has 1 aliphatic rings. The summed E-state index contributed by atoms with van der Waals surface area (Å²) in [5, 5.41) is 9.61. The summed E-state index contributed by atoms with van der Waals surface area (Å²) in [6.07, 6.45) is 1.56. The summed E-state index contributed by atoms with van der Waals surface area (Å²) < 4.78 is 27.9. The van der Waals surface area contributed by atoms with Gasteiger partial charge in [-0.2, -0.15) is 9.57 Å². The molecule has 11 heteroatoms. The monoisotopic (exact) mass is 455 g/mol. The number of rotatable bonds is 4. The number of nitrogens with zero attached hydrogens (tertiary/aromatic N) is 6. The molecule has 0 amide bonds. The van der Waals surface area contributed by atoms with Crippen molar-refractivity contribution in [1.82, 2.24) is 24.2 Å². The first-order chi connectivity index (χ1) is 14.8. The van der Waals surface area contributed by atoms with Gasteiger partial charge in [0.15, 0.2) is 11.0 Å². The molecule has 0 atom stereocenters. The topological polar surface area (TPSA) is 129 Å². The minimum atomic E-state index is -3.63. The highest BCUT2D eigenvalue weighted by Crippen LogP contribution is 2.30. The Morgan fingerprint density at radius 2 is 1.90 bits per heavy atom. The second kappa shape index (κ2) is 8.32. The molecule has 1 aromatic carbocycles. The second-order valence-corrected chi connectivity index (χ2v) is 10.3. The molecule has 0 spiro atoms. The summed E-state index contributed by atoms with van der Waals surface area (Å²) in [4.78, 5) is 15.7. The minimum absolute atomic E-state index is 0.219. The van der Waals surface area contributed by atoms with Crippen LogP contribution in [0, 0.1) is 18.3 Å². The van der Waals surface area contributed by atoms with Gasteiger partial charge in [0.25, 0.3) is 0 Å². The number of nitrogens with two attached hydrogens (primary N) is 1. The van der Waals surface area contributed by atoms with E-state index < -0.39 is 10.0 Å². The zero-order valence-corrected chi connectivity index (χ0v) is 18.7. The predicted molar refractivity (Wildman–Crippen MR) is 119 cm³/mol. The zero-order valence-electron chi connectivity index (χ0n) is 17.1. The molecule has 1 fully saturated rings. The van der Waals surface area contributed by atoms with Crippen molar-refractivity contribution in [2.45, 2.75) is 11.8 Å². The van der Waals surface area contributed by atoms with Gasteiger partial charge < -0.3 is 10.6 Å². The Kier molecular flexibility index (Phi) is 5.72. The number of anilines is 1. The molecule has 1 saturated heterocycles. The normalized spacial score (nSPS) is 15.6. The summed E-state index contributed by atoms with van der Waals surface area (Å²) in [7, 11) is -1.65. The van der Waals surface area contributed by atoms with E-state index >= 15 is 0 Å². The van der Waals surface area contributed by atoms with E-state index in [0.717, 1.165) is 16.9 Å². The van der Waals surface area contributed by atoms with Gasteiger partial charge in [-0.3, -0.25) is 0 Å². The SMILES string of the molecule is Cc1cc(-c2nccc(-c3nc(N)sc3C#N)n2)cc(S(=O)(=O)N2CCN(C)CC2)c1. The lowest BCUT2D eigenvalue weighted by Gasteiger charge is -2.31. The fourth-order valence-corrected chi connectivity index (χ4v) is 5.61. The standard InChI is InChI=1S/C20H21N7O2S2/c1-13-9-14(11-15(10-13)31(28,29)27-7-5-26(2)6-8-27)19-23-4-3-16(24-19)18-17(12-21)30-20(22)25-18/h3-4,9-11H,5-8H2,1-2H3,(H2,22,25).